The van der Waals surface area contributed by atoms with Gasteiger partial charge >= 0.3 is 0 Å². The maximum atomic E-state index is 12.1. The second kappa shape index (κ2) is 6.72. The van der Waals surface area contributed by atoms with Gasteiger partial charge in [-0.2, -0.15) is 10.2 Å². The Balaban J connectivity index is 1.59. The SMILES string of the molecule is Cc1ccc(C2=NNC(=O)/C(=N\Nc3ncnc4ccccc34)C2)cc1. The summed E-state index contributed by atoms with van der Waals surface area (Å²) >= 11 is 0. The lowest BCUT2D eigenvalue weighted by Crippen LogP contribution is -2.35. The molecule has 1 aromatic heterocycles. The van der Waals surface area contributed by atoms with Crippen LogP contribution >= 0.6 is 0 Å². The molecule has 1 aliphatic heterocycles. The van der Waals surface area contributed by atoms with Crippen LogP contribution in [0.25, 0.3) is 10.9 Å². The molecule has 2 N–H and O–H groups in total. The van der Waals surface area contributed by atoms with Crippen molar-refractivity contribution in [2.45, 2.75) is 13.3 Å². The number of carbonyl (C=O) groups excluding carboxylic acids is 1. The molecular formula is C19H16N6O. The van der Waals surface area contributed by atoms with E-state index in [-0.39, 0.29) is 5.91 Å². The van der Waals surface area contributed by atoms with Crippen LogP contribution < -0.4 is 10.9 Å². The number of anilines is 1. The normalized spacial score (nSPS) is 15.7. The Morgan fingerprint density at radius 1 is 1.08 bits per heavy atom. The molecule has 0 aliphatic carbocycles. The molecule has 0 spiro atoms. The number of hydrogen-bond donors (Lipinski definition) is 2. The van der Waals surface area contributed by atoms with Gasteiger partial charge in [0.25, 0.3) is 5.91 Å². The van der Waals surface area contributed by atoms with E-state index >= 15 is 0 Å². The van der Waals surface area contributed by atoms with E-state index in [0.29, 0.717) is 18.0 Å². The summed E-state index contributed by atoms with van der Waals surface area (Å²) in [5.41, 5.74) is 9.44. The highest BCUT2D eigenvalue weighted by Gasteiger charge is 2.21. The number of aryl methyl sites for hydroxylation is 1. The van der Waals surface area contributed by atoms with Crippen molar-refractivity contribution in [3.8, 4) is 0 Å². The Morgan fingerprint density at radius 3 is 2.73 bits per heavy atom. The number of amides is 1. The van der Waals surface area contributed by atoms with Crippen LogP contribution in [-0.4, -0.2) is 27.3 Å². The Bertz CT molecular complexity index is 1030. The van der Waals surface area contributed by atoms with Gasteiger partial charge in [-0.15, -0.1) is 0 Å². The van der Waals surface area contributed by atoms with E-state index in [1.54, 1.807) is 0 Å². The number of hydrazone groups is 2. The number of nitrogens with one attached hydrogen (secondary N) is 2. The quantitative estimate of drug-likeness (QED) is 0.715. The Hall–Kier alpha value is -3.61. The van der Waals surface area contributed by atoms with Gasteiger partial charge < -0.3 is 0 Å². The Kier molecular flexibility index (Phi) is 4.10. The van der Waals surface area contributed by atoms with E-state index in [9.17, 15) is 4.79 Å². The van der Waals surface area contributed by atoms with Gasteiger partial charge in [0.05, 0.1) is 11.2 Å². The molecule has 0 radical (unpaired) electrons. The van der Waals surface area contributed by atoms with Gasteiger partial charge in [0.15, 0.2) is 5.82 Å². The number of benzene rings is 2. The van der Waals surface area contributed by atoms with Crippen LogP contribution in [0.1, 0.15) is 17.5 Å². The van der Waals surface area contributed by atoms with E-state index in [0.717, 1.165) is 22.2 Å². The minimum Gasteiger partial charge on any atom is -0.266 e. The second-order valence-corrected chi connectivity index (χ2v) is 5.95. The Labute approximate surface area is 149 Å². The van der Waals surface area contributed by atoms with Crippen LogP contribution in [0.2, 0.25) is 0 Å². The summed E-state index contributed by atoms with van der Waals surface area (Å²) in [5, 5.41) is 9.25. The first-order valence-corrected chi connectivity index (χ1v) is 8.17. The predicted molar refractivity (Wildman–Crippen MR) is 101 cm³/mol. The number of rotatable bonds is 3. The zero-order chi connectivity index (χ0) is 17.9. The lowest BCUT2D eigenvalue weighted by Gasteiger charge is -2.15. The fraction of sp³-hybridized carbons (Fsp3) is 0.105. The van der Waals surface area contributed by atoms with Crippen LogP contribution in [0.3, 0.4) is 0 Å². The van der Waals surface area contributed by atoms with Gasteiger partial charge in [-0.1, -0.05) is 42.0 Å². The second-order valence-electron chi connectivity index (χ2n) is 5.95. The molecule has 4 rings (SSSR count). The molecule has 0 fully saturated rings. The topological polar surface area (TPSA) is 91.6 Å². The van der Waals surface area contributed by atoms with Crippen LogP contribution in [0.5, 0.6) is 0 Å². The third kappa shape index (κ3) is 3.14. The predicted octanol–water partition coefficient (Wildman–Crippen LogP) is 2.63. The zero-order valence-corrected chi connectivity index (χ0v) is 14.1. The minimum absolute atomic E-state index is 0.327. The lowest BCUT2D eigenvalue weighted by atomic mass is 10.0. The standard InChI is InChI=1S/C19H16N6O/c1-12-6-8-13(9-7-12)16-10-17(19(26)25-22-16)23-24-18-14-4-2-3-5-15(14)20-11-21-18/h2-9,11H,10H2,1H3,(H,25,26)(H,20,21,24)/b23-17-. The van der Waals surface area contributed by atoms with Crippen LogP contribution in [-0.2, 0) is 4.79 Å². The molecule has 0 saturated heterocycles. The van der Waals surface area contributed by atoms with Crippen LogP contribution in [0.15, 0.2) is 65.1 Å². The maximum absolute atomic E-state index is 12.1. The third-order valence-electron chi connectivity index (χ3n) is 4.11. The van der Waals surface area contributed by atoms with Gasteiger partial charge in [0, 0.05) is 11.8 Å². The highest BCUT2D eigenvalue weighted by atomic mass is 16.2. The van der Waals surface area contributed by atoms with Crippen molar-refractivity contribution in [2.75, 3.05) is 5.43 Å². The molecule has 0 unspecified atom stereocenters. The minimum atomic E-state index is -0.327. The molecule has 7 nitrogen and oxygen atoms in total. The summed E-state index contributed by atoms with van der Waals surface area (Å²) < 4.78 is 0. The van der Waals surface area contributed by atoms with E-state index in [1.807, 2.05) is 55.5 Å². The fourth-order valence-corrected chi connectivity index (χ4v) is 2.68. The number of nitrogens with zero attached hydrogens (tertiary/aromatic N) is 4. The third-order valence-corrected chi connectivity index (χ3v) is 4.11. The van der Waals surface area contributed by atoms with E-state index in [2.05, 4.69) is 31.0 Å². The average molecular weight is 344 g/mol. The highest BCUT2D eigenvalue weighted by Crippen LogP contribution is 2.18. The number of para-hydroxylation sites is 1. The smallest absolute Gasteiger partial charge is 0.266 e. The van der Waals surface area contributed by atoms with Gasteiger partial charge in [0.1, 0.15) is 12.0 Å². The molecule has 0 saturated carbocycles. The molecule has 0 atom stereocenters. The summed E-state index contributed by atoms with van der Waals surface area (Å²) in [7, 11) is 0. The van der Waals surface area contributed by atoms with Crippen molar-refractivity contribution in [3.63, 3.8) is 0 Å². The van der Waals surface area contributed by atoms with Crippen LogP contribution in [0, 0.1) is 6.92 Å². The van der Waals surface area contributed by atoms with Crippen molar-refractivity contribution in [3.05, 3.63) is 66.0 Å². The summed E-state index contributed by atoms with van der Waals surface area (Å²) in [6.07, 6.45) is 1.80. The lowest BCUT2D eigenvalue weighted by molar-refractivity contribution is -0.115. The van der Waals surface area contributed by atoms with Crippen molar-refractivity contribution in [1.29, 1.82) is 0 Å². The molecule has 26 heavy (non-hydrogen) atoms. The van der Waals surface area contributed by atoms with Crippen molar-refractivity contribution < 1.29 is 4.79 Å². The first-order valence-electron chi connectivity index (χ1n) is 8.17. The summed E-state index contributed by atoms with van der Waals surface area (Å²) in [4.78, 5) is 20.5. The van der Waals surface area contributed by atoms with Gasteiger partial charge in [-0.3, -0.25) is 10.2 Å². The summed E-state index contributed by atoms with van der Waals surface area (Å²) in [5.74, 6) is 0.224. The molecule has 2 aromatic carbocycles. The van der Waals surface area contributed by atoms with Gasteiger partial charge in [0.2, 0.25) is 0 Å². The van der Waals surface area contributed by atoms with Crippen molar-refractivity contribution in [1.82, 2.24) is 15.4 Å². The van der Waals surface area contributed by atoms with Crippen LogP contribution in [0.4, 0.5) is 5.82 Å². The fourth-order valence-electron chi connectivity index (χ4n) is 2.68. The van der Waals surface area contributed by atoms with E-state index in [1.165, 1.54) is 11.9 Å². The highest BCUT2D eigenvalue weighted by molar-refractivity contribution is 6.44. The molecule has 2 heterocycles. The van der Waals surface area contributed by atoms with Gasteiger partial charge in [-0.25, -0.2) is 15.4 Å². The van der Waals surface area contributed by atoms with Crippen molar-refractivity contribution in [2.24, 2.45) is 10.2 Å². The molecule has 7 heteroatoms. The number of aromatic nitrogens is 2. The molecule has 1 amide bonds. The zero-order valence-electron chi connectivity index (χ0n) is 14.1. The van der Waals surface area contributed by atoms with E-state index < -0.39 is 0 Å². The van der Waals surface area contributed by atoms with Gasteiger partial charge in [-0.05, 0) is 24.6 Å². The molecule has 128 valence electrons. The number of carbonyl (C=O) groups is 1. The first-order chi connectivity index (χ1) is 12.7. The van der Waals surface area contributed by atoms with E-state index in [4.69, 9.17) is 0 Å². The summed E-state index contributed by atoms with van der Waals surface area (Å²) in [6.45, 7) is 2.02. The molecule has 3 aromatic rings. The number of hydrogen-bond acceptors (Lipinski definition) is 6. The van der Waals surface area contributed by atoms with Crippen molar-refractivity contribution >= 4 is 34.1 Å². The first kappa shape index (κ1) is 15.9. The number of fused-ring (bicyclic) bond motifs is 1. The monoisotopic (exact) mass is 344 g/mol. The largest absolute Gasteiger partial charge is 0.287 e. The maximum Gasteiger partial charge on any atom is 0.287 e. The molecule has 0 bridgehead atoms. The molecular weight excluding hydrogens is 328 g/mol. The Morgan fingerprint density at radius 2 is 1.88 bits per heavy atom. The summed E-state index contributed by atoms with van der Waals surface area (Å²) in [6, 6.07) is 15.6. The molecule has 1 aliphatic rings. The average Bonchev–Trinajstić information content (AvgIpc) is 2.68.